The van der Waals surface area contributed by atoms with E-state index in [1.54, 1.807) is 0 Å². The molecule has 0 spiro atoms. The Morgan fingerprint density at radius 1 is 1.42 bits per heavy atom. The number of hydrogen-bond acceptors (Lipinski definition) is 1. The Morgan fingerprint density at radius 3 is 2.92 bits per heavy atom. The van der Waals surface area contributed by atoms with Crippen LogP contribution in [0.2, 0.25) is 0 Å². The Kier molecular flexibility index (Phi) is 1.99. The highest BCUT2D eigenvalue weighted by Crippen LogP contribution is 2.42. The summed E-state index contributed by atoms with van der Waals surface area (Å²) in [6.45, 7) is 4.44. The number of allylic oxidation sites excluding steroid dienone is 1. The van der Waals surface area contributed by atoms with Crippen LogP contribution in [-0.2, 0) is 0 Å². The van der Waals surface area contributed by atoms with E-state index in [0.29, 0.717) is 5.92 Å². The van der Waals surface area contributed by atoms with Gasteiger partial charge in [0.15, 0.2) is 0 Å². The fourth-order valence-electron chi connectivity index (χ4n) is 2.76. The molecule has 0 unspecified atom stereocenters. The Bertz CT molecular complexity index is 207. The number of rotatable bonds is 0. The largest absolute Gasteiger partial charge is 0.392 e. The Balaban J connectivity index is 2.21. The maximum atomic E-state index is 9.82. The van der Waals surface area contributed by atoms with Crippen LogP contribution in [-0.4, -0.2) is 11.2 Å². The monoisotopic (exact) mass is 166 g/mol. The molecule has 0 radical (unpaired) electrons. The molecule has 1 heteroatoms. The Labute approximate surface area is 74.5 Å². The zero-order chi connectivity index (χ0) is 8.72. The first-order valence-corrected chi connectivity index (χ1v) is 5.03. The van der Waals surface area contributed by atoms with E-state index < -0.39 is 0 Å². The van der Waals surface area contributed by atoms with Gasteiger partial charge in [0, 0.05) is 5.92 Å². The standard InChI is InChI=1S/C11H18O/c1-7-3-4-9-6-10(7)11(12)5-8(9)2/h3,8-12H,4-6H2,1-2H3/t8-,9-,10-,11-/m1/s1. The summed E-state index contributed by atoms with van der Waals surface area (Å²) in [5, 5.41) is 9.82. The van der Waals surface area contributed by atoms with Crippen LogP contribution in [0.5, 0.6) is 0 Å². The lowest BCUT2D eigenvalue weighted by Gasteiger charge is -2.41. The number of hydrogen-bond donors (Lipinski definition) is 1. The predicted octanol–water partition coefficient (Wildman–Crippen LogP) is 2.36. The van der Waals surface area contributed by atoms with Gasteiger partial charge in [-0.25, -0.2) is 0 Å². The first-order chi connectivity index (χ1) is 5.68. The zero-order valence-electron chi connectivity index (χ0n) is 7.96. The number of aliphatic hydroxyl groups is 1. The highest BCUT2D eigenvalue weighted by atomic mass is 16.3. The van der Waals surface area contributed by atoms with Crippen molar-refractivity contribution in [3.63, 3.8) is 0 Å². The van der Waals surface area contributed by atoms with Crippen LogP contribution in [0.4, 0.5) is 0 Å². The second kappa shape index (κ2) is 2.88. The molecule has 0 heterocycles. The summed E-state index contributed by atoms with van der Waals surface area (Å²) >= 11 is 0. The van der Waals surface area contributed by atoms with Gasteiger partial charge in [0.2, 0.25) is 0 Å². The van der Waals surface area contributed by atoms with Crippen molar-refractivity contribution >= 4 is 0 Å². The van der Waals surface area contributed by atoms with Crippen molar-refractivity contribution < 1.29 is 5.11 Å². The van der Waals surface area contributed by atoms with Crippen LogP contribution in [0.1, 0.15) is 33.1 Å². The van der Waals surface area contributed by atoms with Crippen LogP contribution in [0.15, 0.2) is 11.6 Å². The topological polar surface area (TPSA) is 20.2 Å². The van der Waals surface area contributed by atoms with Crippen molar-refractivity contribution in [2.75, 3.05) is 0 Å². The summed E-state index contributed by atoms with van der Waals surface area (Å²) in [6.07, 6.45) is 5.76. The second-order valence-electron chi connectivity index (χ2n) is 4.57. The molecule has 4 atom stereocenters. The van der Waals surface area contributed by atoms with Gasteiger partial charge in [-0.1, -0.05) is 18.6 Å². The summed E-state index contributed by atoms with van der Waals surface area (Å²) in [7, 11) is 0. The van der Waals surface area contributed by atoms with E-state index in [9.17, 15) is 5.11 Å². The van der Waals surface area contributed by atoms with Gasteiger partial charge in [-0.15, -0.1) is 0 Å². The second-order valence-corrected chi connectivity index (χ2v) is 4.57. The van der Waals surface area contributed by atoms with Crippen molar-refractivity contribution in [1.29, 1.82) is 0 Å². The normalized spacial score (nSPS) is 47.1. The van der Waals surface area contributed by atoms with Crippen LogP contribution in [0.3, 0.4) is 0 Å². The maximum Gasteiger partial charge on any atom is 0.0608 e. The van der Waals surface area contributed by atoms with E-state index >= 15 is 0 Å². The van der Waals surface area contributed by atoms with Crippen LogP contribution < -0.4 is 0 Å². The SMILES string of the molecule is CC1=CC[C@@H]2C[C@H]1[C@H](O)C[C@H]2C. The average Bonchev–Trinajstić information content (AvgIpc) is 2.03. The van der Waals surface area contributed by atoms with E-state index in [4.69, 9.17) is 0 Å². The molecule has 2 bridgehead atoms. The zero-order valence-corrected chi connectivity index (χ0v) is 7.96. The van der Waals surface area contributed by atoms with E-state index in [-0.39, 0.29) is 6.10 Å². The summed E-state index contributed by atoms with van der Waals surface area (Å²) in [6, 6.07) is 0. The summed E-state index contributed by atoms with van der Waals surface area (Å²) < 4.78 is 0. The number of fused-ring (bicyclic) bond motifs is 2. The molecule has 0 aliphatic heterocycles. The average molecular weight is 166 g/mol. The number of aliphatic hydroxyl groups excluding tert-OH is 1. The molecule has 1 nitrogen and oxygen atoms in total. The lowest BCUT2D eigenvalue weighted by molar-refractivity contribution is 0.0301. The van der Waals surface area contributed by atoms with E-state index in [1.165, 1.54) is 18.4 Å². The third-order valence-corrected chi connectivity index (χ3v) is 3.77. The first kappa shape index (κ1) is 8.31. The fourth-order valence-corrected chi connectivity index (χ4v) is 2.76. The minimum Gasteiger partial charge on any atom is -0.392 e. The minimum atomic E-state index is -0.0622. The summed E-state index contributed by atoms with van der Waals surface area (Å²) in [5.41, 5.74) is 1.42. The minimum absolute atomic E-state index is 0.0622. The maximum absolute atomic E-state index is 9.82. The van der Waals surface area contributed by atoms with Crippen molar-refractivity contribution in [3.8, 4) is 0 Å². The van der Waals surface area contributed by atoms with Crippen molar-refractivity contribution in [1.82, 2.24) is 0 Å². The van der Waals surface area contributed by atoms with Crippen molar-refractivity contribution in [2.45, 2.75) is 39.2 Å². The third kappa shape index (κ3) is 1.20. The molecule has 0 aromatic carbocycles. The van der Waals surface area contributed by atoms with Crippen LogP contribution in [0.25, 0.3) is 0 Å². The van der Waals surface area contributed by atoms with Gasteiger partial charge in [0.1, 0.15) is 0 Å². The van der Waals surface area contributed by atoms with Gasteiger partial charge in [-0.2, -0.15) is 0 Å². The molecule has 0 saturated heterocycles. The Hall–Kier alpha value is -0.300. The van der Waals surface area contributed by atoms with Gasteiger partial charge in [0.25, 0.3) is 0 Å². The predicted molar refractivity (Wildman–Crippen MR) is 49.8 cm³/mol. The molecule has 1 N–H and O–H groups in total. The van der Waals surface area contributed by atoms with E-state index in [2.05, 4.69) is 19.9 Å². The molecular weight excluding hydrogens is 148 g/mol. The quantitative estimate of drug-likeness (QED) is 0.548. The van der Waals surface area contributed by atoms with Crippen molar-refractivity contribution in [3.05, 3.63) is 11.6 Å². The highest BCUT2D eigenvalue weighted by Gasteiger charge is 2.36. The molecule has 0 aromatic rings. The molecule has 1 fully saturated rings. The highest BCUT2D eigenvalue weighted by molar-refractivity contribution is 5.13. The van der Waals surface area contributed by atoms with Crippen LogP contribution in [0, 0.1) is 17.8 Å². The smallest absolute Gasteiger partial charge is 0.0608 e. The lowest BCUT2D eigenvalue weighted by atomic mass is 9.66. The molecular formula is C11H18O. The van der Waals surface area contributed by atoms with E-state index in [1.807, 2.05) is 0 Å². The molecule has 0 amide bonds. The van der Waals surface area contributed by atoms with Gasteiger partial charge in [-0.05, 0) is 38.0 Å². The summed E-state index contributed by atoms with van der Waals surface area (Å²) in [5.74, 6) is 2.06. The van der Waals surface area contributed by atoms with Crippen LogP contribution >= 0.6 is 0 Å². The van der Waals surface area contributed by atoms with E-state index in [0.717, 1.165) is 18.3 Å². The molecule has 2 aliphatic rings. The first-order valence-electron chi connectivity index (χ1n) is 5.03. The van der Waals surface area contributed by atoms with Gasteiger partial charge >= 0.3 is 0 Å². The fraction of sp³-hybridized carbons (Fsp3) is 0.818. The molecule has 1 saturated carbocycles. The molecule has 2 aliphatic carbocycles. The molecule has 68 valence electrons. The molecule has 2 rings (SSSR count). The van der Waals surface area contributed by atoms with Gasteiger partial charge < -0.3 is 5.11 Å². The molecule has 0 aromatic heterocycles. The summed E-state index contributed by atoms with van der Waals surface area (Å²) in [4.78, 5) is 0. The van der Waals surface area contributed by atoms with Gasteiger partial charge in [0.05, 0.1) is 6.10 Å². The van der Waals surface area contributed by atoms with Gasteiger partial charge in [-0.3, -0.25) is 0 Å². The lowest BCUT2D eigenvalue weighted by Crippen LogP contribution is -2.36. The molecule has 12 heavy (non-hydrogen) atoms. The van der Waals surface area contributed by atoms with Crippen molar-refractivity contribution in [2.24, 2.45) is 17.8 Å². The third-order valence-electron chi connectivity index (χ3n) is 3.77. The Morgan fingerprint density at radius 2 is 2.17 bits per heavy atom.